The van der Waals surface area contributed by atoms with Gasteiger partial charge in [0.25, 0.3) is 0 Å². The van der Waals surface area contributed by atoms with Crippen molar-refractivity contribution in [3.05, 3.63) is 94.0 Å². The Kier molecular flexibility index (Phi) is 15.4. The van der Waals surface area contributed by atoms with Gasteiger partial charge in [-0.25, -0.2) is 0 Å². The van der Waals surface area contributed by atoms with Crippen LogP contribution in [0.3, 0.4) is 0 Å². The van der Waals surface area contributed by atoms with Crippen LogP contribution in [0, 0.1) is 0 Å². The van der Waals surface area contributed by atoms with Crippen LogP contribution in [0.1, 0.15) is 124 Å². The highest BCUT2D eigenvalue weighted by atomic mass is 16.5. The van der Waals surface area contributed by atoms with Crippen molar-refractivity contribution in [2.75, 3.05) is 55.6 Å². The molecule has 0 aromatic heterocycles. The van der Waals surface area contributed by atoms with Crippen LogP contribution in [0.4, 0.5) is 0 Å². The van der Waals surface area contributed by atoms with Gasteiger partial charge in [-0.1, -0.05) is 70.6 Å². The summed E-state index contributed by atoms with van der Waals surface area (Å²) in [5.41, 5.74) is 5.74. The second kappa shape index (κ2) is 21.0. The Morgan fingerprint density at radius 2 is 1.17 bits per heavy atom. The number of methoxy groups -OCH3 is 4. The highest BCUT2D eigenvalue weighted by Crippen LogP contribution is 2.55. The lowest BCUT2D eigenvalue weighted by atomic mass is 9.83. The number of likely N-dealkylation sites (N-methyl/N-ethyl adjacent to an activating group) is 2. The third kappa shape index (κ3) is 9.67. The van der Waals surface area contributed by atoms with Gasteiger partial charge in [0.05, 0.1) is 73.1 Å². The van der Waals surface area contributed by atoms with Crippen molar-refractivity contribution in [2.24, 2.45) is 0 Å². The molecule has 4 aliphatic rings. The van der Waals surface area contributed by atoms with Gasteiger partial charge in [-0.05, 0) is 77.6 Å². The van der Waals surface area contributed by atoms with E-state index in [1.54, 1.807) is 28.4 Å². The van der Waals surface area contributed by atoms with Crippen LogP contribution in [-0.2, 0) is 35.3 Å². The Labute approximate surface area is 391 Å². The van der Waals surface area contributed by atoms with E-state index in [0.717, 1.165) is 84.7 Å². The molecule has 4 aromatic rings. The first-order valence-corrected chi connectivity index (χ1v) is 24.0. The second-order valence-corrected chi connectivity index (χ2v) is 19.0. The molecule has 0 radical (unpaired) electrons. The summed E-state index contributed by atoms with van der Waals surface area (Å²) < 4.78 is 38.6. The quantitative estimate of drug-likeness (QED) is 0.0708. The zero-order chi connectivity index (χ0) is 47.2. The van der Waals surface area contributed by atoms with Crippen molar-refractivity contribution in [2.45, 2.75) is 128 Å². The molecule has 0 amide bonds. The van der Waals surface area contributed by atoms with Crippen LogP contribution >= 0.6 is 0 Å². The average Bonchev–Trinajstić information content (AvgIpc) is 3.30. The van der Waals surface area contributed by atoms with Gasteiger partial charge in [-0.3, -0.25) is 0 Å². The van der Waals surface area contributed by atoms with Crippen LogP contribution in [0.15, 0.2) is 60.7 Å². The highest BCUT2D eigenvalue weighted by Gasteiger charge is 2.49. The topological polar surface area (TPSA) is 136 Å². The number of carboxylic acids is 2. The van der Waals surface area contributed by atoms with Gasteiger partial charge in [0.1, 0.15) is 29.9 Å². The minimum Gasteiger partial charge on any atom is -0.544 e. The van der Waals surface area contributed by atoms with Crippen LogP contribution in [0.2, 0.25) is 0 Å². The van der Waals surface area contributed by atoms with Crippen LogP contribution in [-0.4, -0.2) is 88.6 Å². The van der Waals surface area contributed by atoms with E-state index in [4.69, 9.17) is 28.4 Å². The first kappa shape index (κ1) is 48.5. The molecule has 8 rings (SSSR count). The predicted molar refractivity (Wildman–Crippen MR) is 250 cm³/mol. The summed E-state index contributed by atoms with van der Waals surface area (Å²) in [5, 5.41) is 26.8. The number of ether oxygens (including phenoxy) is 6. The van der Waals surface area contributed by atoms with E-state index in [0.29, 0.717) is 97.6 Å². The van der Waals surface area contributed by atoms with E-state index in [-0.39, 0.29) is 15.0 Å². The van der Waals surface area contributed by atoms with E-state index in [9.17, 15) is 19.8 Å². The van der Waals surface area contributed by atoms with Crippen LogP contribution in [0.5, 0.6) is 46.0 Å². The van der Waals surface area contributed by atoms with Gasteiger partial charge in [-0.2, -0.15) is 0 Å². The van der Waals surface area contributed by atoms with Crippen molar-refractivity contribution in [3.63, 3.8) is 0 Å². The van der Waals surface area contributed by atoms with Gasteiger partial charge in [-0.15, -0.1) is 0 Å². The Bertz CT molecular complexity index is 2350. The molecule has 6 atom stereocenters. The Morgan fingerprint density at radius 1 is 0.621 bits per heavy atom. The molecule has 0 saturated heterocycles. The van der Waals surface area contributed by atoms with Crippen LogP contribution in [0.25, 0.3) is 0 Å². The molecule has 0 aliphatic carbocycles. The SMILES string of the molecule is CCCCCCC(C(=O)[O-])[N+]1(C)CCc2cc(OC)c3cc2C1Cc1ccc(cc1)Oc1cc(ccc1OC)CC1c2c(cc(OC)c(OC)c2O3)CC[N+]1(C)C(CCCCCC)C(=O)[O-]. The van der Waals surface area contributed by atoms with Crippen molar-refractivity contribution in [1.82, 2.24) is 0 Å². The fourth-order valence-corrected chi connectivity index (χ4v) is 11.2. The fourth-order valence-electron chi connectivity index (χ4n) is 11.2. The number of unbranched alkanes of at least 4 members (excludes halogenated alkanes) is 6. The molecule has 12 heteroatoms. The summed E-state index contributed by atoms with van der Waals surface area (Å²) >= 11 is 0. The normalized spacial score (nSPS) is 21.8. The summed E-state index contributed by atoms with van der Waals surface area (Å²) in [6.07, 6.45) is 10.7. The molecule has 0 spiro atoms. The fraction of sp³-hybridized carbons (Fsp3) is 0.519. The van der Waals surface area contributed by atoms with E-state index in [1.165, 1.54) is 0 Å². The predicted octanol–water partition coefficient (Wildman–Crippen LogP) is 8.37. The van der Waals surface area contributed by atoms with E-state index in [2.05, 4.69) is 20.9 Å². The Hall–Kier alpha value is -5.46. The lowest BCUT2D eigenvalue weighted by Gasteiger charge is -2.51. The molecular weight excluding hydrogens is 837 g/mol. The molecule has 0 saturated carbocycles. The van der Waals surface area contributed by atoms with Crippen molar-refractivity contribution >= 4 is 11.9 Å². The minimum atomic E-state index is -1.08. The molecule has 6 bridgehead atoms. The minimum absolute atomic E-state index is 0.166. The van der Waals surface area contributed by atoms with E-state index < -0.39 is 30.1 Å². The molecule has 66 heavy (non-hydrogen) atoms. The first-order valence-electron chi connectivity index (χ1n) is 24.0. The van der Waals surface area contributed by atoms with Crippen molar-refractivity contribution < 1.29 is 57.2 Å². The summed E-state index contributed by atoms with van der Waals surface area (Å²) in [7, 11) is 10.5. The zero-order valence-electron chi connectivity index (χ0n) is 40.4. The zero-order valence-corrected chi connectivity index (χ0v) is 40.4. The number of nitrogens with zero attached hydrogens (tertiary/aromatic N) is 2. The van der Waals surface area contributed by atoms with Gasteiger partial charge in [0.15, 0.2) is 34.5 Å². The van der Waals surface area contributed by atoms with Crippen molar-refractivity contribution in [1.29, 1.82) is 0 Å². The number of carboxylic acid groups (broad SMARTS) is 2. The summed E-state index contributed by atoms with van der Waals surface area (Å²) in [6, 6.07) is 17.6. The molecule has 4 aliphatic heterocycles. The summed E-state index contributed by atoms with van der Waals surface area (Å²) in [6.45, 7) is 5.43. The third-order valence-corrected chi connectivity index (χ3v) is 15.1. The summed E-state index contributed by atoms with van der Waals surface area (Å²) in [4.78, 5) is 26.8. The monoisotopic (exact) mass is 907 g/mol. The molecule has 12 nitrogen and oxygen atoms in total. The number of carbonyl (C=O) groups excluding carboxylic acids is 2. The number of quaternary nitrogens is 2. The Balaban J connectivity index is 1.49. The Morgan fingerprint density at radius 3 is 1.74 bits per heavy atom. The highest BCUT2D eigenvalue weighted by molar-refractivity contribution is 5.71. The molecule has 4 heterocycles. The average molecular weight is 907 g/mol. The maximum Gasteiger partial charge on any atom is 0.204 e. The van der Waals surface area contributed by atoms with Crippen LogP contribution < -0.4 is 38.6 Å². The second-order valence-electron chi connectivity index (χ2n) is 19.0. The number of benzene rings is 4. The standard InChI is InChI=1S/C54H70N2O10/c1-9-11-13-15-17-41(53(57)58)55(3)27-25-37-32-46(62-6)48-34-40(37)43(55)29-35-19-22-39(23-20-35)65-47-31-36(21-24-45(47)61-5)30-44-50-38(33-49(63-7)51(64-8)52(50)66-48)26-28-56(44,4)42(54(59)60)18-16-14-12-10-2/h19-24,31-34,41-44H,9-18,25-30H2,1-8H3. The maximum atomic E-state index is 13.5. The molecular formula is C54H70N2O10. The number of hydrogen-bond donors (Lipinski definition) is 0. The lowest BCUT2D eigenvalue weighted by molar-refractivity contribution is -0.958. The van der Waals surface area contributed by atoms with E-state index in [1.807, 2.05) is 67.7 Å². The largest absolute Gasteiger partial charge is 0.544 e. The molecule has 356 valence electrons. The van der Waals surface area contributed by atoms with Crippen molar-refractivity contribution in [3.8, 4) is 46.0 Å². The van der Waals surface area contributed by atoms with Gasteiger partial charge >= 0.3 is 0 Å². The van der Waals surface area contributed by atoms with Gasteiger partial charge in [0, 0.05) is 44.1 Å². The maximum absolute atomic E-state index is 13.5. The number of aliphatic carboxylic acids is 2. The smallest absolute Gasteiger partial charge is 0.204 e. The van der Waals surface area contributed by atoms with Gasteiger partial charge in [0.2, 0.25) is 5.75 Å². The third-order valence-electron chi connectivity index (χ3n) is 15.1. The molecule has 0 N–H and O–H groups in total. The lowest BCUT2D eigenvalue weighted by Crippen LogP contribution is -2.63. The van der Waals surface area contributed by atoms with E-state index >= 15 is 0 Å². The molecule has 0 fully saturated rings. The molecule has 6 unspecified atom stereocenters. The number of hydrogen-bond acceptors (Lipinski definition) is 10. The van der Waals surface area contributed by atoms with Gasteiger partial charge < -0.3 is 57.2 Å². The number of rotatable bonds is 18. The number of fused-ring (bicyclic) bond motifs is 2. The first-order chi connectivity index (χ1) is 31.8. The molecule has 4 aromatic carbocycles. The summed E-state index contributed by atoms with van der Waals surface area (Å²) in [5.74, 6) is 1.80. The number of carbonyl (C=O) groups is 2.